The Kier molecular flexibility index (Phi) is 17.9. The summed E-state index contributed by atoms with van der Waals surface area (Å²) >= 11 is 0. The molecule has 0 bridgehead atoms. The summed E-state index contributed by atoms with van der Waals surface area (Å²) in [5.41, 5.74) is 1.21. The van der Waals surface area contributed by atoms with Gasteiger partial charge in [-0.1, -0.05) is 18.2 Å². The Balaban J connectivity index is 1.98. The lowest BCUT2D eigenvalue weighted by Gasteiger charge is -2.32. The Bertz CT molecular complexity index is 1330. The summed E-state index contributed by atoms with van der Waals surface area (Å²) in [5.74, 6) is -4.75. The minimum Gasteiger partial charge on any atom is -0.480 e. The highest BCUT2D eigenvalue weighted by atomic mass is 16.5. The molecule has 17 nitrogen and oxygen atoms in total. The van der Waals surface area contributed by atoms with Crippen molar-refractivity contribution < 1.29 is 53.6 Å². The molecule has 0 saturated carbocycles. The van der Waals surface area contributed by atoms with Gasteiger partial charge in [-0.25, -0.2) is 4.79 Å². The number of carbonyl (C=O) groups is 7. The van der Waals surface area contributed by atoms with Crippen molar-refractivity contribution in [3.05, 3.63) is 47.6 Å². The van der Waals surface area contributed by atoms with Crippen LogP contribution in [0.15, 0.2) is 42.0 Å². The summed E-state index contributed by atoms with van der Waals surface area (Å²) in [5, 5.41) is 33.3. The van der Waals surface area contributed by atoms with Crippen LogP contribution in [0.4, 0.5) is 5.69 Å². The minimum absolute atomic E-state index is 0.0807. The summed E-state index contributed by atoms with van der Waals surface area (Å²) in [7, 11) is 0. The van der Waals surface area contributed by atoms with Gasteiger partial charge in [0.2, 0.25) is 11.8 Å². The number of nitrogens with zero attached hydrogens (tertiary/aromatic N) is 4. The molecule has 17 heteroatoms. The predicted molar refractivity (Wildman–Crippen MR) is 177 cm³/mol. The van der Waals surface area contributed by atoms with E-state index in [1.165, 1.54) is 6.08 Å². The minimum atomic E-state index is -1.05. The molecule has 2 rings (SSSR count). The number of aldehydes is 1. The molecule has 1 aromatic rings. The summed E-state index contributed by atoms with van der Waals surface area (Å²) in [6, 6.07) is 6.60. The molecule has 2 amide bonds. The lowest BCUT2D eigenvalue weighted by Crippen LogP contribution is -2.50. The van der Waals surface area contributed by atoms with Crippen LogP contribution in [0.2, 0.25) is 0 Å². The predicted octanol–water partition coefficient (Wildman–Crippen LogP) is -1.08. The number of esters is 1. The van der Waals surface area contributed by atoms with Gasteiger partial charge >= 0.3 is 23.9 Å². The number of carbonyl (C=O) groups excluding carboxylic acids is 4. The van der Waals surface area contributed by atoms with Crippen LogP contribution in [0.25, 0.3) is 6.08 Å². The van der Waals surface area contributed by atoms with Crippen molar-refractivity contribution in [2.75, 3.05) is 97.0 Å². The first-order chi connectivity index (χ1) is 23.4. The number of amides is 2. The fourth-order valence-electron chi connectivity index (χ4n) is 4.77. The second-order valence-electron chi connectivity index (χ2n) is 11.0. The van der Waals surface area contributed by atoms with Gasteiger partial charge in [-0.2, -0.15) is 0 Å². The first kappa shape index (κ1) is 40.2. The lowest BCUT2D eigenvalue weighted by molar-refractivity contribution is -0.140. The topological polar surface area (TPSA) is 226 Å². The van der Waals surface area contributed by atoms with Crippen molar-refractivity contribution in [2.24, 2.45) is 0 Å². The van der Waals surface area contributed by atoms with E-state index in [4.69, 9.17) is 4.74 Å². The summed E-state index contributed by atoms with van der Waals surface area (Å²) < 4.78 is 4.91. The van der Waals surface area contributed by atoms with Gasteiger partial charge in [-0.3, -0.25) is 48.4 Å². The first-order valence-corrected chi connectivity index (χ1v) is 15.6. The quantitative estimate of drug-likeness (QED) is 0.0603. The van der Waals surface area contributed by atoms with E-state index in [-0.39, 0.29) is 97.3 Å². The van der Waals surface area contributed by atoms with Crippen molar-refractivity contribution >= 4 is 53.7 Å². The maximum atomic E-state index is 12.8. The SMILES string of the molecule is CCOC(=O)C(C=Cc1ccc(NC(=O)CNC(=O)CN2CCN(CC(=O)O)CCN(CC(=O)O)CCN(CC(=O)O)CC2)cc1)=CC=O. The third-order valence-corrected chi connectivity index (χ3v) is 7.23. The molecule has 1 saturated heterocycles. The van der Waals surface area contributed by atoms with Gasteiger partial charge < -0.3 is 30.7 Å². The summed E-state index contributed by atoms with van der Waals surface area (Å²) in [6.45, 7) is 2.56. The molecule has 0 aliphatic carbocycles. The molecule has 49 heavy (non-hydrogen) atoms. The highest BCUT2D eigenvalue weighted by molar-refractivity contribution is 5.97. The van der Waals surface area contributed by atoms with Crippen molar-refractivity contribution in [3.8, 4) is 0 Å². The molecule has 1 aliphatic rings. The fourth-order valence-corrected chi connectivity index (χ4v) is 4.77. The number of aliphatic carboxylic acids is 3. The summed E-state index contributed by atoms with van der Waals surface area (Å²) in [4.78, 5) is 89.1. The Morgan fingerprint density at radius 1 is 0.714 bits per heavy atom. The highest BCUT2D eigenvalue weighted by Crippen LogP contribution is 2.12. The van der Waals surface area contributed by atoms with Gasteiger partial charge in [0.25, 0.3) is 0 Å². The molecule has 1 aromatic carbocycles. The molecule has 0 unspecified atom stereocenters. The van der Waals surface area contributed by atoms with Gasteiger partial charge in [0.15, 0.2) is 0 Å². The zero-order valence-electron chi connectivity index (χ0n) is 27.4. The molecular formula is C32H44N6O11. The van der Waals surface area contributed by atoms with Gasteiger partial charge in [0.05, 0.1) is 44.9 Å². The largest absolute Gasteiger partial charge is 0.480 e. The number of anilines is 1. The second-order valence-corrected chi connectivity index (χ2v) is 11.0. The molecule has 1 heterocycles. The molecule has 268 valence electrons. The standard InChI is InChI=1S/C32H44N6O11/c1-2-49-32(48)25(9-18-39)6-3-24-4-7-26(8-5-24)34-27(40)19-33-28(41)20-35-10-12-36(21-29(42)43)14-16-38(23-31(46)47)17-15-37(13-11-35)22-30(44)45/h3-9,18H,2,10-17,19-23H2,1H3,(H,33,41)(H,34,40)(H,42,43)(H,44,45)(H,46,47). The molecule has 5 N–H and O–H groups in total. The van der Waals surface area contributed by atoms with E-state index in [9.17, 15) is 48.9 Å². The molecule has 1 fully saturated rings. The molecule has 0 atom stereocenters. The number of rotatable bonds is 16. The maximum Gasteiger partial charge on any atom is 0.338 e. The average molecular weight is 689 g/mol. The number of allylic oxidation sites excluding steroid dienone is 1. The van der Waals surface area contributed by atoms with E-state index in [0.717, 1.165) is 6.08 Å². The van der Waals surface area contributed by atoms with Gasteiger partial charge in [-0.15, -0.1) is 0 Å². The van der Waals surface area contributed by atoms with Crippen LogP contribution in [0.3, 0.4) is 0 Å². The van der Waals surface area contributed by atoms with E-state index in [0.29, 0.717) is 17.5 Å². The van der Waals surface area contributed by atoms with Crippen LogP contribution in [-0.4, -0.2) is 169 Å². The molecular weight excluding hydrogens is 644 g/mol. The Labute approximate surface area is 283 Å². The van der Waals surface area contributed by atoms with E-state index in [1.54, 1.807) is 56.9 Å². The third-order valence-electron chi connectivity index (χ3n) is 7.23. The van der Waals surface area contributed by atoms with Gasteiger partial charge in [0, 0.05) is 58.0 Å². The maximum absolute atomic E-state index is 12.8. The highest BCUT2D eigenvalue weighted by Gasteiger charge is 2.21. The van der Waals surface area contributed by atoms with Gasteiger partial charge in [0.1, 0.15) is 6.29 Å². The van der Waals surface area contributed by atoms with Crippen LogP contribution >= 0.6 is 0 Å². The second kappa shape index (κ2) is 21.8. The van der Waals surface area contributed by atoms with E-state index >= 15 is 0 Å². The monoisotopic (exact) mass is 688 g/mol. The molecule has 0 radical (unpaired) electrons. The number of hydrogen-bond acceptors (Lipinski definition) is 12. The lowest BCUT2D eigenvalue weighted by atomic mass is 10.1. The Morgan fingerprint density at radius 2 is 1.16 bits per heavy atom. The van der Waals surface area contributed by atoms with Gasteiger partial charge in [-0.05, 0) is 36.8 Å². The van der Waals surface area contributed by atoms with Crippen molar-refractivity contribution in [2.45, 2.75) is 6.92 Å². The van der Waals surface area contributed by atoms with Crippen LogP contribution in [-0.2, 0) is 38.3 Å². The van der Waals surface area contributed by atoms with Crippen LogP contribution in [0.1, 0.15) is 12.5 Å². The average Bonchev–Trinajstić information content (AvgIpc) is 3.03. The normalized spacial score (nSPS) is 16.2. The number of benzene rings is 1. The van der Waals surface area contributed by atoms with Crippen LogP contribution in [0, 0.1) is 0 Å². The summed E-state index contributed by atoms with van der Waals surface area (Å²) in [6.07, 6.45) is 4.63. The van der Waals surface area contributed by atoms with Crippen molar-refractivity contribution in [1.82, 2.24) is 24.9 Å². The van der Waals surface area contributed by atoms with Crippen molar-refractivity contribution in [1.29, 1.82) is 0 Å². The number of carboxylic acid groups (broad SMARTS) is 3. The smallest absolute Gasteiger partial charge is 0.338 e. The molecule has 1 aliphatic heterocycles. The number of carboxylic acids is 3. The van der Waals surface area contributed by atoms with E-state index in [1.807, 2.05) is 0 Å². The van der Waals surface area contributed by atoms with E-state index in [2.05, 4.69) is 10.6 Å². The zero-order chi connectivity index (χ0) is 36.2. The number of nitrogens with one attached hydrogen (secondary N) is 2. The fraction of sp³-hybridized carbons (Fsp3) is 0.469. The van der Waals surface area contributed by atoms with Crippen molar-refractivity contribution in [3.63, 3.8) is 0 Å². The molecule has 0 spiro atoms. The molecule has 0 aromatic heterocycles. The first-order valence-electron chi connectivity index (χ1n) is 15.6. The number of hydrogen-bond donors (Lipinski definition) is 5. The Hall–Kier alpha value is -4.97. The van der Waals surface area contributed by atoms with Crippen LogP contribution < -0.4 is 10.6 Å². The third kappa shape index (κ3) is 17.1. The number of ether oxygens (including phenoxy) is 1. The zero-order valence-corrected chi connectivity index (χ0v) is 27.4. The Morgan fingerprint density at radius 3 is 1.57 bits per heavy atom. The van der Waals surface area contributed by atoms with E-state index < -0.39 is 35.7 Å². The van der Waals surface area contributed by atoms with Crippen LogP contribution in [0.5, 0.6) is 0 Å².